The average molecular weight is 418 g/mol. The van der Waals surface area contributed by atoms with Gasteiger partial charge in [0.2, 0.25) is 5.88 Å². The maximum absolute atomic E-state index is 13.7. The molecule has 0 radical (unpaired) electrons. The Morgan fingerprint density at radius 2 is 1.96 bits per heavy atom. The SMILES string of the molecule is Cc1sc(Oc2cc(C(F)(F)F)nn2C)nc1C(=O)Nc1ccc(F)cc1F. The van der Waals surface area contributed by atoms with Crippen LogP contribution < -0.4 is 10.1 Å². The lowest BCUT2D eigenvalue weighted by Gasteiger charge is -2.05. The van der Waals surface area contributed by atoms with Gasteiger partial charge in [0.15, 0.2) is 5.69 Å². The van der Waals surface area contributed by atoms with Crippen molar-refractivity contribution in [3.8, 4) is 11.1 Å². The molecule has 3 rings (SSSR count). The normalized spacial score (nSPS) is 11.5. The first kappa shape index (κ1) is 19.7. The predicted molar refractivity (Wildman–Crippen MR) is 89.4 cm³/mol. The van der Waals surface area contributed by atoms with Crippen molar-refractivity contribution < 1.29 is 31.5 Å². The van der Waals surface area contributed by atoms with E-state index in [1.165, 1.54) is 14.0 Å². The standard InChI is InChI=1S/C16H11F5N4O2S/c1-7-13(14(26)22-10-4-3-8(17)5-9(10)18)23-15(28-7)27-12-6-11(16(19,20)21)24-25(12)2/h3-6H,1-2H3,(H,22,26). The summed E-state index contributed by atoms with van der Waals surface area (Å²) in [6.45, 7) is 1.53. The minimum Gasteiger partial charge on any atom is -0.412 e. The largest absolute Gasteiger partial charge is 0.435 e. The first-order chi connectivity index (χ1) is 13.0. The highest BCUT2D eigenvalue weighted by molar-refractivity contribution is 7.13. The summed E-state index contributed by atoms with van der Waals surface area (Å²) < 4.78 is 70.9. The highest BCUT2D eigenvalue weighted by atomic mass is 32.1. The van der Waals surface area contributed by atoms with Crippen LogP contribution in [0, 0.1) is 18.6 Å². The van der Waals surface area contributed by atoms with Gasteiger partial charge in [-0.3, -0.25) is 4.79 Å². The van der Waals surface area contributed by atoms with Gasteiger partial charge in [0.25, 0.3) is 11.1 Å². The molecule has 1 N–H and O–H groups in total. The summed E-state index contributed by atoms with van der Waals surface area (Å²) in [4.78, 5) is 16.6. The maximum atomic E-state index is 13.7. The Morgan fingerprint density at radius 1 is 1.25 bits per heavy atom. The lowest BCUT2D eigenvalue weighted by molar-refractivity contribution is -0.141. The fourth-order valence-corrected chi connectivity index (χ4v) is 2.93. The van der Waals surface area contributed by atoms with Gasteiger partial charge < -0.3 is 10.1 Å². The molecule has 0 bridgehead atoms. The number of aromatic nitrogens is 3. The minimum absolute atomic E-state index is 0.0982. The Balaban J connectivity index is 1.79. The lowest BCUT2D eigenvalue weighted by atomic mass is 10.2. The van der Waals surface area contributed by atoms with E-state index in [9.17, 15) is 26.7 Å². The van der Waals surface area contributed by atoms with Gasteiger partial charge in [-0.25, -0.2) is 13.5 Å². The molecule has 12 heteroatoms. The summed E-state index contributed by atoms with van der Waals surface area (Å²) in [5.74, 6) is -2.77. The van der Waals surface area contributed by atoms with E-state index in [1.54, 1.807) is 0 Å². The van der Waals surface area contributed by atoms with Crippen LogP contribution in [0.5, 0.6) is 11.1 Å². The average Bonchev–Trinajstić information content (AvgIpc) is 3.13. The maximum Gasteiger partial charge on any atom is 0.435 e. The second kappa shape index (κ2) is 7.19. The molecule has 0 aliphatic rings. The molecule has 0 aliphatic heterocycles. The second-order valence-electron chi connectivity index (χ2n) is 5.55. The summed E-state index contributed by atoms with van der Waals surface area (Å²) in [5.41, 5.74) is -1.49. The van der Waals surface area contributed by atoms with Gasteiger partial charge in [-0.15, -0.1) is 0 Å². The number of alkyl halides is 3. The van der Waals surface area contributed by atoms with Crippen LogP contribution in [-0.4, -0.2) is 20.7 Å². The Kier molecular flexibility index (Phi) is 5.06. The van der Waals surface area contributed by atoms with Crippen molar-refractivity contribution in [1.29, 1.82) is 0 Å². The molecule has 1 aromatic carbocycles. The highest BCUT2D eigenvalue weighted by Gasteiger charge is 2.35. The van der Waals surface area contributed by atoms with Crippen LogP contribution in [0.3, 0.4) is 0 Å². The third kappa shape index (κ3) is 4.11. The molecule has 6 nitrogen and oxygen atoms in total. The van der Waals surface area contributed by atoms with Crippen LogP contribution in [-0.2, 0) is 13.2 Å². The predicted octanol–water partition coefficient (Wildman–Crippen LogP) is 4.53. The number of carbonyl (C=O) groups is 1. The Labute approximate surface area is 158 Å². The number of amides is 1. The van der Waals surface area contributed by atoms with Crippen LogP contribution in [0.2, 0.25) is 0 Å². The molecule has 1 amide bonds. The van der Waals surface area contributed by atoms with Crippen LogP contribution in [0.1, 0.15) is 21.1 Å². The molecule has 0 fully saturated rings. The fraction of sp³-hybridized carbons (Fsp3) is 0.188. The van der Waals surface area contributed by atoms with Crippen molar-refractivity contribution in [3.63, 3.8) is 0 Å². The summed E-state index contributed by atoms with van der Waals surface area (Å²) in [7, 11) is 1.26. The van der Waals surface area contributed by atoms with Gasteiger partial charge in [-0.1, -0.05) is 11.3 Å². The molecule has 0 aliphatic carbocycles. The van der Waals surface area contributed by atoms with Crippen LogP contribution in [0.4, 0.5) is 27.6 Å². The number of thiazole rings is 1. The smallest absolute Gasteiger partial charge is 0.412 e. The molecule has 3 aromatic rings. The number of aryl methyl sites for hydroxylation is 2. The van der Waals surface area contributed by atoms with Crippen molar-refractivity contribution in [2.24, 2.45) is 7.05 Å². The number of nitrogens with zero attached hydrogens (tertiary/aromatic N) is 3. The molecule has 28 heavy (non-hydrogen) atoms. The van der Waals surface area contributed by atoms with Crippen molar-refractivity contribution in [2.75, 3.05) is 5.32 Å². The first-order valence-electron chi connectivity index (χ1n) is 7.57. The van der Waals surface area contributed by atoms with Crippen molar-refractivity contribution in [3.05, 3.63) is 52.2 Å². The zero-order valence-electron chi connectivity index (χ0n) is 14.3. The zero-order valence-corrected chi connectivity index (χ0v) is 15.1. The van der Waals surface area contributed by atoms with E-state index >= 15 is 0 Å². The molecule has 0 saturated carbocycles. The zero-order chi connectivity index (χ0) is 20.6. The number of carbonyl (C=O) groups excluding carboxylic acids is 1. The van der Waals surface area contributed by atoms with E-state index in [2.05, 4.69) is 15.4 Å². The third-order valence-electron chi connectivity index (χ3n) is 3.49. The van der Waals surface area contributed by atoms with Crippen molar-refractivity contribution in [1.82, 2.24) is 14.8 Å². The quantitative estimate of drug-likeness (QED) is 0.633. The Hall–Kier alpha value is -3.02. The number of rotatable bonds is 4. The van der Waals surface area contributed by atoms with Gasteiger partial charge >= 0.3 is 6.18 Å². The van der Waals surface area contributed by atoms with Crippen molar-refractivity contribution >= 4 is 22.9 Å². The molecule has 0 saturated heterocycles. The molecule has 148 valence electrons. The summed E-state index contributed by atoms with van der Waals surface area (Å²) >= 11 is 0.910. The van der Waals surface area contributed by atoms with Crippen LogP contribution in [0.15, 0.2) is 24.3 Å². The van der Waals surface area contributed by atoms with Gasteiger partial charge in [-0.05, 0) is 19.1 Å². The van der Waals surface area contributed by atoms with E-state index in [1.807, 2.05) is 0 Å². The molecular weight excluding hydrogens is 407 g/mol. The van der Waals surface area contributed by atoms with E-state index in [-0.39, 0.29) is 22.5 Å². The number of nitrogens with one attached hydrogen (secondary N) is 1. The van der Waals surface area contributed by atoms with E-state index in [4.69, 9.17) is 4.74 Å². The van der Waals surface area contributed by atoms with E-state index in [0.29, 0.717) is 17.0 Å². The summed E-state index contributed by atoms with van der Waals surface area (Å²) in [6, 6.07) is 3.33. The molecule has 0 atom stereocenters. The number of hydrogen-bond donors (Lipinski definition) is 1. The summed E-state index contributed by atoms with van der Waals surface area (Å²) in [6.07, 6.45) is -4.64. The molecule has 2 aromatic heterocycles. The fourth-order valence-electron chi connectivity index (χ4n) is 2.17. The number of ether oxygens (including phenoxy) is 1. The monoisotopic (exact) mass is 418 g/mol. The Bertz CT molecular complexity index is 1040. The minimum atomic E-state index is -4.64. The molecule has 0 unspecified atom stereocenters. The number of anilines is 1. The molecule has 0 spiro atoms. The van der Waals surface area contributed by atoms with Crippen molar-refractivity contribution in [2.45, 2.75) is 13.1 Å². The Morgan fingerprint density at radius 3 is 2.57 bits per heavy atom. The number of benzene rings is 1. The third-order valence-corrected chi connectivity index (χ3v) is 4.34. The molecular formula is C16H11F5N4O2S. The van der Waals surface area contributed by atoms with Gasteiger partial charge in [0, 0.05) is 24.1 Å². The number of halogens is 5. The molecule has 2 heterocycles. The summed E-state index contributed by atoms with van der Waals surface area (Å²) in [5, 5.41) is 5.46. The van der Waals surface area contributed by atoms with Crippen LogP contribution >= 0.6 is 11.3 Å². The van der Waals surface area contributed by atoms with E-state index in [0.717, 1.165) is 28.2 Å². The van der Waals surface area contributed by atoms with Gasteiger partial charge in [0.1, 0.15) is 17.3 Å². The highest BCUT2D eigenvalue weighted by Crippen LogP contribution is 2.34. The lowest BCUT2D eigenvalue weighted by Crippen LogP contribution is -2.14. The van der Waals surface area contributed by atoms with E-state index < -0.39 is 29.4 Å². The number of hydrogen-bond acceptors (Lipinski definition) is 5. The first-order valence-corrected chi connectivity index (χ1v) is 8.39. The van der Waals surface area contributed by atoms with Gasteiger partial charge in [-0.2, -0.15) is 23.3 Å². The van der Waals surface area contributed by atoms with Crippen LogP contribution in [0.25, 0.3) is 0 Å². The van der Waals surface area contributed by atoms with Gasteiger partial charge in [0.05, 0.1) is 5.69 Å². The second-order valence-corrected chi connectivity index (χ2v) is 6.72. The topological polar surface area (TPSA) is 69.0 Å².